The minimum atomic E-state index is -3.27. The highest BCUT2D eigenvalue weighted by Crippen LogP contribution is 2.44. The summed E-state index contributed by atoms with van der Waals surface area (Å²) in [5.41, 5.74) is 2.24. The first-order valence-corrected chi connectivity index (χ1v) is 15.4. The van der Waals surface area contributed by atoms with Gasteiger partial charge in [-0.2, -0.15) is 8.78 Å². The van der Waals surface area contributed by atoms with Crippen molar-refractivity contribution in [2.45, 2.75) is 95.4 Å². The van der Waals surface area contributed by atoms with E-state index in [0.29, 0.717) is 17.0 Å². The maximum atomic E-state index is 14.1. The molecule has 2 aromatic carbocycles. The van der Waals surface area contributed by atoms with Gasteiger partial charge in [-0.1, -0.05) is 81.4 Å². The zero-order chi connectivity index (χ0) is 24.8. The van der Waals surface area contributed by atoms with Crippen LogP contribution in [-0.2, 0) is 0 Å². The van der Waals surface area contributed by atoms with Gasteiger partial charge < -0.3 is 4.74 Å². The smallest absolute Gasteiger partial charge is 0.387 e. The zero-order valence-electron chi connectivity index (χ0n) is 20.7. The highest BCUT2D eigenvalue weighted by molar-refractivity contribution is 6.58. The zero-order valence-corrected chi connectivity index (χ0v) is 21.7. The Labute approximate surface area is 208 Å². The molecule has 2 fully saturated rings. The van der Waals surface area contributed by atoms with E-state index in [1.807, 2.05) is 24.3 Å². The lowest BCUT2D eigenvalue weighted by Crippen LogP contribution is -2.28. The summed E-state index contributed by atoms with van der Waals surface area (Å²) in [6, 6.07) is 14.5. The van der Waals surface area contributed by atoms with Crippen molar-refractivity contribution in [3.05, 3.63) is 53.6 Å². The van der Waals surface area contributed by atoms with Crippen molar-refractivity contribution in [1.29, 1.82) is 0 Å². The summed E-state index contributed by atoms with van der Waals surface area (Å²) in [5.74, 6) is -0.944. The first-order chi connectivity index (χ1) is 16.9. The maximum absolute atomic E-state index is 14.1. The van der Waals surface area contributed by atoms with Crippen molar-refractivity contribution in [3.8, 4) is 16.9 Å². The quantitative estimate of drug-likeness (QED) is 0.187. The summed E-state index contributed by atoms with van der Waals surface area (Å²) >= 11 is 0. The largest absolute Gasteiger partial charge is 0.429 e. The van der Waals surface area contributed by atoms with Gasteiger partial charge in [0.25, 0.3) is 0 Å². The van der Waals surface area contributed by atoms with Crippen LogP contribution < -0.4 is 4.74 Å². The highest BCUT2D eigenvalue weighted by atomic mass is 28.3. The molecule has 1 saturated heterocycles. The molecular formula is C29H37F4OSi. The maximum Gasteiger partial charge on any atom is 0.387 e. The lowest BCUT2D eigenvalue weighted by Gasteiger charge is -2.37. The number of ether oxygens (including phenoxy) is 1. The number of unbranched alkanes of at least 4 members (excludes halogenated alkanes) is 2. The highest BCUT2D eigenvalue weighted by Gasteiger charge is 2.31. The SMILES string of the molecule is CCCCC[Si]1CCC(C2CCC(c3ccc(-c4cc(F)c(OC(F)F)c(F)c4)cc3)CC2)CC1. The molecule has 1 aliphatic carbocycles. The van der Waals surface area contributed by atoms with E-state index in [2.05, 4.69) is 11.7 Å². The van der Waals surface area contributed by atoms with Gasteiger partial charge in [0.15, 0.2) is 17.4 Å². The van der Waals surface area contributed by atoms with Crippen LogP contribution in [0.2, 0.25) is 18.1 Å². The summed E-state index contributed by atoms with van der Waals surface area (Å²) in [7, 11) is -0.0711. The summed E-state index contributed by atoms with van der Waals surface area (Å²) in [5, 5.41) is 0. The molecule has 0 bridgehead atoms. The lowest BCUT2D eigenvalue weighted by molar-refractivity contribution is -0.0546. The number of hydrogen-bond donors (Lipinski definition) is 0. The molecule has 0 N–H and O–H groups in total. The molecule has 1 radical (unpaired) electrons. The monoisotopic (exact) mass is 505 g/mol. The van der Waals surface area contributed by atoms with E-state index in [-0.39, 0.29) is 8.80 Å². The van der Waals surface area contributed by atoms with Crippen molar-refractivity contribution in [2.75, 3.05) is 0 Å². The van der Waals surface area contributed by atoms with Crippen molar-refractivity contribution < 1.29 is 22.3 Å². The van der Waals surface area contributed by atoms with Gasteiger partial charge in [-0.3, -0.25) is 0 Å². The minimum Gasteiger partial charge on any atom is -0.429 e. The average molecular weight is 506 g/mol. The van der Waals surface area contributed by atoms with Crippen LogP contribution in [-0.4, -0.2) is 15.4 Å². The topological polar surface area (TPSA) is 9.23 Å². The second-order valence-corrected chi connectivity index (χ2v) is 13.4. The van der Waals surface area contributed by atoms with Crippen LogP contribution in [0, 0.1) is 23.5 Å². The summed E-state index contributed by atoms with van der Waals surface area (Å²) in [6.45, 7) is -0.984. The predicted molar refractivity (Wildman–Crippen MR) is 136 cm³/mol. The third kappa shape index (κ3) is 6.90. The fourth-order valence-corrected chi connectivity index (χ4v) is 9.25. The first kappa shape index (κ1) is 26.2. The Morgan fingerprint density at radius 3 is 2.00 bits per heavy atom. The number of hydrogen-bond acceptors (Lipinski definition) is 1. The van der Waals surface area contributed by atoms with Crippen LogP contribution in [0.25, 0.3) is 11.1 Å². The van der Waals surface area contributed by atoms with Crippen molar-refractivity contribution in [1.82, 2.24) is 0 Å². The van der Waals surface area contributed by atoms with Crippen LogP contribution in [0.4, 0.5) is 17.6 Å². The Morgan fingerprint density at radius 2 is 1.43 bits per heavy atom. The molecule has 1 nitrogen and oxygen atoms in total. The molecular weight excluding hydrogens is 468 g/mol. The van der Waals surface area contributed by atoms with Gasteiger partial charge in [0.05, 0.1) is 0 Å². The molecule has 35 heavy (non-hydrogen) atoms. The Balaban J connectivity index is 1.29. The van der Waals surface area contributed by atoms with E-state index in [0.717, 1.165) is 24.0 Å². The molecule has 4 rings (SSSR count). The van der Waals surface area contributed by atoms with Gasteiger partial charge in [-0.25, -0.2) is 8.78 Å². The van der Waals surface area contributed by atoms with Crippen LogP contribution in [0.1, 0.15) is 76.2 Å². The van der Waals surface area contributed by atoms with Crippen LogP contribution in [0.3, 0.4) is 0 Å². The molecule has 1 aliphatic heterocycles. The third-order valence-electron chi connectivity index (χ3n) is 8.23. The van der Waals surface area contributed by atoms with Crippen molar-refractivity contribution in [2.24, 2.45) is 11.8 Å². The van der Waals surface area contributed by atoms with E-state index >= 15 is 0 Å². The molecule has 0 aromatic heterocycles. The van der Waals surface area contributed by atoms with Gasteiger partial charge in [0, 0.05) is 8.80 Å². The van der Waals surface area contributed by atoms with Gasteiger partial charge in [-0.05, 0) is 72.3 Å². The van der Waals surface area contributed by atoms with Crippen molar-refractivity contribution >= 4 is 8.80 Å². The Bertz CT molecular complexity index is 909. The fraction of sp³-hybridized carbons (Fsp3) is 0.586. The summed E-state index contributed by atoms with van der Waals surface area (Å²) < 4.78 is 56.9. The second-order valence-electron chi connectivity index (χ2n) is 10.4. The first-order valence-electron chi connectivity index (χ1n) is 13.3. The number of alkyl halides is 2. The Hall–Kier alpha value is -1.82. The molecule has 0 spiro atoms. The van der Waals surface area contributed by atoms with E-state index in [9.17, 15) is 17.6 Å². The molecule has 0 amide bonds. The van der Waals surface area contributed by atoms with Gasteiger partial charge in [-0.15, -0.1) is 0 Å². The normalized spacial score (nSPS) is 22.0. The molecule has 0 atom stereocenters. The van der Waals surface area contributed by atoms with E-state index < -0.39 is 24.0 Å². The van der Waals surface area contributed by atoms with Gasteiger partial charge in [0.1, 0.15) is 0 Å². The van der Waals surface area contributed by atoms with Crippen LogP contribution in [0.15, 0.2) is 36.4 Å². The fourth-order valence-electron chi connectivity index (χ4n) is 6.19. The van der Waals surface area contributed by atoms with Crippen LogP contribution in [0.5, 0.6) is 5.75 Å². The van der Waals surface area contributed by atoms with E-state index in [4.69, 9.17) is 0 Å². The molecule has 2 aliphatic rings. The molecule has 0 unspecified atom stereocenters. The summed E-state index contributed by atoms with van der Waals surface area (Å²) in [6.07, 6.45) is 12.1. The van der Waals surface area contributed by atoms with Crippen molar-refractivity contribution in [3.63, 3.8) is 0 Å². The molecule has 191 valence electrons. The van der Waals surface area contributed by atoms with E-state index in [1.165, 1.54) is 81.5 Å². The molecule has 2 aromatic rings. The lowest BCUT2D eigenvalue weighted by atomic mass is 9.72. The Morgan fingerprint density at radius 1 is 0.829 bits per heavy atom. The number of rotatable bonds is 9. The van der Waals surface area contributed by atoms with E-state index in [1.54, 1.807) is 0 Å². The average Bonchev–Trinajstić information content (AvgIpc) is 2.87. The molecule has 6 heteroatoms. The number of benzene rings is 2. The Kier molecular flexibility index (Phi) is 9.32. The van der Waals surface area contributed by atoms with Gasteiger partial charge in [0.2, 0.25) is 0 Å². The van der Waals surface area contributed by atoms with Gasteiger partial charge >= 0.3 is 6.61 Å². The standard InChI is InChI=1S/C29H37F4OSi/c1-2-3-4-15-35-16-13-24(14-17-35)22-7-5-20(6-8-22)21-9-11-23(12-10-21)25-18-26(30)28(27(31)19-25)34-29(32)33/h9-12,18-20,22,24,29H,2-8,13-17H2,1H3. The second kappa shape index (κ2) is 12.4. The minimum absolute atomic E-state index is 0.0711. The van der Waals surface area contributed by atoms with Crippen LogP contribution >= 0.6 is 0 Å². The molecule has 1 saturated carbocycles. The predicted octanol–water partition coefficient (Wildman–Crippen LogP) is 9.60. The summed E-state index contributed by atoms with van der Waals surface area (Å²) in [4.78, 5) is 0. The molecule has 1 heterocycles. The number of halogens is 4. The third-order valence-corrected chi connectivity index (χ3v) is 11.3.